The van der Waals surface area contributed by atoms with Crippen LogP contribution >= 0.6 is 38.9 Å². The molecule has 1 spiro atoms. The number of rotatable bonds is 2. The monoisotopic (exact) mass is 362 g/mol. The lowest BCUT2D eigenvalue weighted by Crippen LogP contribution is -2.50. The summed E-state index contributed by atoms with van der Waals surface area (Å²) in [6.07, 6.45) is 5.46. The maximum atomic E-state index is 6.13. The molecule has 1 aromatic heterocycles. The molecule has 3 heterocycles. The van der Waals surface area contributed by atoms with Crippen molar-refractivity contribution in [3.63, 3.8) is 0 Å². The fourth-order valence-electron chi connectivity index (χ4n) is 3.51. The average molecular weight is 364 g/mol. The minimum Gasteiger partial charge on any atom is -0.316 e. The molecule has 1 N–H and O–H groups in total. The summed E-state index contributed by atoms with van der Waals surface area (Å²) in [7, 11) is 0. The maximum Gasteiger partial charge on any atom is 0.107 e. The largest absolute Gasteiger partial charge is 0.316 e. The van der Waals surface area contributed by atoms with Gasteiger partial charge in [0.1, 0.15) is 4.34 Å². The van der Waals surface area contributed by atoms with Crippen molar-refractivity contribution in [3.05, 3.63) is 19.8 Å². The van der Waals surface area contributed by atoms with E-state index in [2.05, 4.69) is 32.2 Å². The van der Waals surface area contributed by atoms with Crippen molar-refractivity contribution in [1.82, 2.24) is 10.2 Å². The fourth-order valence-corrected chi connectivity index (χ4v) is 5.35. The predicted octanol–water partition coefficient (Wildman–Crippen LogP) is 4.13. The molecule has 106 valence electrons. The molecule has 2 aliphatic heterocycles. The number of piperidine rings is 2. The van der Waals surface area contributed by atoms with Crippen LogP contribution in [0.15, 0.2) is 10.5 Å². The van der Waals surface area contributed by atoms with Crippen molar-refractivity contribution in [2.75, 3.05) is 26.2 Å². The molecule has 2 aliphatic rings. The Bertz CT molecular complexity index is 418. The van der Waals surface area contributed by atoms with Crippen LogP contribution in [0.4, 0.5) is 0 Å². The highest BCUT2D eigenvalue weighted by Gasteiger charge is 2.36. The highest BCUT2D eigenvalue weighted by Crippen LogP contribution is 2.38. The highest BCUT2D eigenvalue weighted by molar-refractivity contribution is 9.10. The van der Waals surface area contributed by atoms with Crippen LogP contribution < -0.4 is 5.32 Å². The molecule has 2 fully saturated rings. The third-order valence-corrected chi connectivity index (χ3v) is 6.84. The molecule has 2 nitrogen and oxygen atoms in total. The number of nitrogens with one attached hydrogen (secondary N) is 1. The van der Waals surface area contributed by atoms with E-state index in [-0.39, 0.29) is 0 Å². The summed E-state index contributed by atoms with van der Waals surface area (Å²) in [5.41, 5.74) is 0.536. The van der Waals surface area contributed by atoms with Crippen LogP contribution in [0.3, 0.4) is 0 Å². The van der Waals surface area contributed by atoms with Crippen molar-refractivity contribution in [2.45, 2.75) is 32.2 Å². The predicted molar refractivity (Wildman–Crippen MR) is 86.1 cm³/mol. The quantitative estimate of drug-likeness (QED) is 0.850. The van der Waals surface area contributed by atoms with Gasteiger partial charge in [-0.3, -0.25) is 4.90 Å². The van der Waals surface area contributed by atoms with E-state index >= 15 is 0 Å². The molecule has 1 unspecified atom stereocenters. The van der Waals surface area contributed by atoms with Crippen LogP contribution in [0.25, 0.3) is 0 Å². The van der Waals surface area contributed by atoms with E-state index in [1.54, 1.807) is 11.3 Å². The Hall–Kier alpha value is 0.390. The molecular weight excluding hydrogens is 344 g/mol. The van der Waals surface area contributed by atoms with Crippen LogP contribution in [-0.2, 0) is 6.54 Å². The van der Waals surface area contributed by atoms with Crippen molar-refractivity contribution < 1.29 is 0 Å². The summed E-state index contributed by atoms with van der Waals surface area (Å²) in [6.45, 7) is 5.94. The third-order valence-electron chi connectivity index (χ3n) is 4.38. The molecule has 0 aromatic carbocycles. The van der Waals surface area contributed by atoms with Gasteiger partial charge in [0, 0.05) is 29.0 Å². The Balaban J connectivity index is 1.64. The zero-order chi connectivity index (χ0) is 13.3. The lowest BCUT2D eigenvalue weighted by molar-refractivity contribution is 0.0606. The summed E-state index contributed by atoms with van der Waals surface area (Å²) in [5.74, 6) is 0. The van der Waals surface area contributed by atoms with Gasteiger partial charge in [-0.05, 0) is 66.2 Å². The van der Waals surface area contributed by atoms with Gasteiger partial charge in [-0.1, -0.05) is 11.6 Å². The van der Waals surface area contributed by atoms with Gasteiger partial charge in [0.25, 0.3) is 0 Å². The van der Waals surface area contributed by atoms with Crippen LogP contribution in [0.1, 0.15) is 30.6 Å². The normalized spacial score (nSPS) is 28.9. The summed E-state index contributed by atoms with van der Waals surface area (Å²) in [5, 5.41) is 3.59. The van der Waals surface area contributed by atoms with Gasteiger partial charge in [-0.15, -0.1) is 11.3 Å². The lowest BCUT2D eigenvalue weighted by atomic mass is 9.74. The van der Waals surface area contributed by atoms with Gasteiger partial charge in [0.05, 0.1) is 0 Å². The van der Waals surface area contributed by atoms with Crippen molar-refractivity contribution in [1.29, 1.82) is 0 Å². The molecule has 1 atom stereocenters. The number of thiophene rings is 1. The van der Waals surface area contributed by atoms with Gasteiger partial charge in [-0.25, -0.2) is 0 Å². The van der Waals surface area contributed by atoms with E-state index in [9.17, 15) is 0 Å². The second-order valence-corrected chi connectivity index (χ2v) is 8.52. The first-order valence-electron chi connectivity index (χ1n) is 7.04. The number of nitrogens with zero attached hydrogens (tertiary/aromatic N) is 1. The first-order valence-corrected chi connectivity index (χ1v) is 9.02. The molecule has 2 saturated heterocycles. The summed E-state index contributed by atoms with van der Waals surface area (Å²) < 4.78 is 1.92. The Morgan fingerprint density at radius 1 is 1.42 bits per heavy atom. The summed E-state index contributed by atoms with van der Waals surface area (Å²) >= 11 is 11.3. The second kappa shape index (κ2) is 6.02. The summed E-state index contributed by atoms with van der Waals surface area (Å²) in [4.78, 5) is 3.99. The zero-order valence-corrected chi connectivity index (χ0v) is 14.2. The van der Waals surface area contributed by atoms with Crippen LogP contribution in [-0.4, -0.2) is 31.1 Å². The van der Waals surface area contributed by atoms with Gasteiger partial charge in [0.2, 0.25) is 0 Å². The minimum atomic E-state index is 0.536. The first-order chi connectivity index (χ1) is 9.17. The smallest absolute Gasteiger partial charge is 0.107 e. The molecule has 0 saturated carbocycles. The Labute approximate surface area is 132 Å². The SMILES string of the molecule is Clc1sc(CN2CCCC3(CCCNC3)C2)cc1Br. The van der Waals surface area contributed by atoms with Crippen LogP contribution in [0.2, 0.25) is 4.34 Å². The van der Waals surface area contributed by atoms with E-state index < -0.39 is 0 Å². The molecule has 19 heavy (non-hydrogen) atoms. The Morgan fingerprint density at radius 3 is 2.95 bits per heavy atom. The molecule has 0 bridgehead atoms. The van der Waals surface area contributed by atoms with Crippen LogP contribution in [0.5, 0.6) is 0 Å². The van der Waals surface area contributed by atoms with Crippen molar-refractivity contribution in [2.24, 2.45) is 5.41 Å². The molecule has 0 amide bonds. The number of halogens is 2. The third kappa shape index (κ3) is 3.35. The Morgan fingerprint density at radius 2 is 2.26 bits per heavy atom. The van der Waals surface area contributed by atoms with E-state index in [1.807, 2.05) is 0 Å². The maximum absolute atomic E-state index is 6.13. The number of hydrogen-bond donors (Lipinski definition) is 1. The van der Waals surface area contributed by atoms with Crippen molar-refractivity contribution in [3.8, 4) is 0 Å². The minimum absolute atomic E-state index is 0.536. The summed E-state index contributed by atoms with van der Waals surface area (Å²) in [6, 6.07) is 2.17. The van der Waals surface area contributed by atoms with Gasteiger partial charge in [0.15, 0.2) is 0 Å². The number of hydrogen-bond acceptors (Lipinski definition) is 3. The number of likely N-dealkylation sites (tertiary alicyclic amines) is 1. The fraction of sp³-hybridized carbons (Fsp3) is 0.714. The molecule has 3 rings (SSSR count). The second-order valence-electron chi connectivity index (χ2n) is 5.93. The van der Waals surface area contributed by atoms with E-state index in [0.717, 1.165) is 15.4 Å². The van der Waals surface area contributed by atoms with Gasteiger partial charge >= 0.3 is 0 Å². The standard InChI is InChI=1S/C14H20BrClN2S/c15-12-7-11(19-13(12)16)8-18-6-2-4-14(10-18)3-1-5-17-9-14/h7,17H,1-6,8-10H2. The van der Waals surface area contributed by atoms with Gasteiger partial charge < -0.3 is 5.32 Å². The molecule has 0 radical (unpaired) electrons. The zero-order valence-electron chi connectivity index (χ0n) is 11.1. The van der Waals surface area contributed by atoms with Gasteiger partial charge in [-0.2, -0.15) is 0 Å². The highest BCUT2D eigenvalue weighted by atomic mass is 79.9. The average Bonchev–Trinajstić information content (AvgIpc) is 2.69. The first kappa shape index (κ1) is 14.3. The molecule has 5 heteroatoms. The lowest BCUT2D eigenvalue weighted by Gasteiger charge is -2.45. The van der Waals surface area contributed by atoms with Crippen molar-refractivity contribution >= 4 is 38.9 Å². The van der Waals surface area contributed by atoms with Crippen LogP contribution in [0, 0.1) is 5.41 Å². The molecule has 0 aliphatic carbocycles. The topological polar surface area (TPSA) is 15.3 Å². The van der Waals surface area contributed by atoms with E-state index in [0.29, 0.717) is 5.41 Å². The van der Waals surface area contributed by atoms with E-state index in [4.69, 9.17) is 11.6 Å². The van der Waals surface area contributed by atoms with E-state index in [1.165, 1.54) is 56.7 Å². The Kier molecular flexibility index (Phi) is 4.54. The molecule has 1 aromatic rings. The molecular formula is C14H20BrClN2S.